The van der Waals surface area contributed by atoms with E-state index in [9.17, 15) is 14.4 Å². The molecule has 0 aliphatic heterocycles. The highest BCUT2D eigenvalue weighted by molar-refractivity contribution is 7.13. The number of carbonyl (C=O) groups is 3. The maximum absolute atomic E-state index is 12.5. The number of fused-ring (bicyclic) bond motifs is 3. The van der Waals surface area contributed by atoms with E-state index in [2.05, 4.69) is 39.9 Å². The molecule has 1 atom stereocenters. The van der Waals surface area contributed by atoms with E-state index in [0.717, 1.165) is 33.6 Å². The summed E-state index contributed by atoms with van der Waals surface area (Å²) in [6, 6.07) is 15.9. The largest absolute Gasteiger partial charge is 0.477 e. The monoisotopic (exact) mass is 493 g/mol. The molecule has 1 aliphatic rings. The smallest absolute Gasteiger partial charge is 0.407 e. The molecule has 4 rings (SSSR count). The van der Waals surface area contributed by atoms with E-state index >= 15 is 0 Å². The molecule has 2 amide bonds. The molecule has 35 heavy (non-hydrogen) atoms. The van der Waals surface area contributed by atoms with Crippen LogP contribution in [0.2, 0.25) is 0 Å². The zero-order valence-corrected chi connectivity index (χ0v) is 20.4. The number of nitrogens with zero attached hydrogens (tertiary/aromatic N) is 1. The Labute approximate surface area is 207 Å². The summed E-state index contributed by atoms with van der Waals surface area (Å²) in [6.07, 6.45) is 0.0710. The van der Waals surface area contributed by atoms with Crippen molar-refractivity contribution in [3.8, 4) is 11.1 Å². The van der Waals surface area contributed by atoms with E-state index in [4.69, 9.17) is 9.84 Å². The van der Waals surface area contributed by atoms with Gasteiger partial charge in [-0.2, -0.15) is 0 Å². The number of hydrogen-bond donors (Lipinski definition) is 3. The van der Waals surface area contributed by atoms with Crippen LogP contribution in [0.5, 0.6) is 0 Å². The molecule has 0 saturated carbocycles. The molecule has 0 spiro atoms. The Morgan fingerprint density at radius 1 is 1.09 bits per heavy atom. The number of carboxylic acids is 1. The summed E-state index contributed by atoms with van der Waals surface area (Å²) in [5.41, 5.74) is 5.01. The first-order chi connectivity index (χ1) is 16.9. The lowest BCUT2D eigenvalue weighted by molar-refractivity contribution is -0.121. The maximum atomic E-state index is 12.5. The van der Waals surface area contributed by atoms with E-state index in [0.29, 0.717) is 17.1 Å². The van der Waals surface area contributed by atoms with Crippen molar-refractivity contribution in [1.29, 1.82) is 0 Å². The van der Waals surface area contributed by atoms with Gasteiger partial charge in [-0.3, -0.25) is 4.79 Å². The number of nitrogens with one attached hydrogen (secondary N) is 2. The molecule has 182 valence electrons. The number of rotatable bonds is 9. The molecule has 9 heteroatoms. The van der Waals surface area contributed by atoms with Crippen molar-refractivity contribution in [3.63, 3.8) is 0 Å². The zero-order valence-electron chi connectivity index (χ0n) is 19.5. The fourth-order valence-electron chi connectivity index (χ4n) is 4.30. The highest BCUT2D eigenvalue weighted by Crippen LogP contribution is 2.44. The quantitative estimate of drug-likeness (QED) is 0.405. The first kappa shape index (κ1) is 24.4. The Hall–Kier alpha value is -3.72. The minimum atomic E-state index is -1.03. The number of alkyl carbamates (subject to hydrolysis) is 1. The van der Waals surface area contributed by atoms with Crippen LogP contribution in [0, 0.1) is 6.92 Å². The summed E-state index contributed by atoms with van der Waals surface area (Å²) in [6.45, 7) is 3.85. The predicted molar refractivity (Wildman–Crippen MR) is 133 cm³/mol. The van der Waals surface area contributed by atoms with Crippen molar-refractivity contribution in [3.05, 3.63) is 75.2 Å². The number of ether oxygens (including phenoxy) is 1. The third-order valence-corrected chi connectivity index (χ3v) is 7.21. The molecule has 8 nitrogen and oxygen atoms in total. The zero-order chi connectivity index (χ0) is 24.9. The van der Waals surface area contributed by atoms with Crippen LogP contribution in [0.1, 0.15) is 57.2 Å². The Bertz CT molecular complexity index is 1210. The van der Waals surface area contributed by atoms with Crippen molar-refractivity contribution in [2.45, 2.75) is 45.2 Å². The normalized spacial score (nSPS) is 13.0. The van der Waals surface area contributed by atoms with Crippen molar-refractivity contribution in [2.75, 3.05) is 6.61 Å². The molecule has 0 radical (unpaired) electrons. The van der Waals surface area contributed by atoms with E-state index < -0.39 is 18.1 Å². The highest BCUT2D eigenvalue weighted by Gasteiger charge is 2.29. The number of amides is 2. The van der Waals surface area contributed by atoms with Crippen molar-refractivity contribution in [1.82, 2.24) is 15.6 Å². The van der Waals surface area contributed by atoms with Crippen molar-refractivity contribution in [2.24, 2.45) is 0 Å². The van der Waals surface area contributed by atoms with Crippen LogP contribution in [0.4, 0.5) is 4.79 Å². The van der Waals surface area contributed by atoms with Crippen LogP contribution < -0.4 is 10.6 Å². The Balaban J connectivity index is 1.28. The summed E-state index contributed by atoms with van der Waals surface area (Å²) in [4.78, 5) is 40.4. The minimum absolute atomic E-state index is 0.0334. The fraction of sp³-hybridized carbons (Fsp3) is 0.308. The molecule has 3 N–H and O–H groups in total. The van der Waals surface area contributed by atoms with Crippen LogP contribution in [0.3, 0.4) is 0 Å². The van der Waals surface area contributed by atoms with Gasteiger partial charge in [0.25, 0.3) is 0 Å². The van der Waals surface area contributed by atoms with Gasteiger partial charge in [-0.05, 0) is 35.6 Å². The molecule has 0 bridgehead atoms. The summed E-state index contributed by atoms with van der Waals surface area (Å²) in [5, 5.41) is 15.2. The molecule has 1 aromatic heterocycles. The van der Waals surface area contributed by atoms with Crippen LogP contribution in [0.25, 0.3) is 11.1 Å². The molecule has 0 unspecified atom stereocenters. The second-order valence-electron chi connectivity index (χ2n) is 8.38. The van der Waals surface area contributed by atoms with Crippen LogP contribution in [0.15, 0.2) is 48.5 Å². The third-order valence-electron chi connectivity index (χ3n) is 6.06. The molecular formula is C26H27N3O5S. The molecule has 1 aliphatic carbocycles. The molecule has 1 heterocycles. The maximum Gasteiger partial charge on any atom is 0.407 e. The SMILES string of the molecule is CC[C@@H](CC(=O)NCc1nc(C)c(C(=O)O)s1)NC(=O)OCC1c2ccccc2-c2ccccc21. The van der Waals surface area contributed by atoms with Crippen molar-refractivity contribution >= 4 is 29.3 Å². The van der Waals surface area contributed by atoms with Crippen LogP contribution in [-0.2, 0) is 16.1 Å². The summed E-state index contributed by atoms with van der Waals surface area (Å²) in [5.74, 6) is -1.33. The topological polar surface area (TPSA) is 118 Å². The van der Waals surface area contributed by atoms with E-state index in [1.807, 2.05) is 31.2 Å². The van der Waals surface area contributed by atoms with Crippen LogP contribution in [-0.4, -0.2) is 40.7 Å². The van der Waals surface area contributed by atoms with Gasteiger partial charge in [0.15, 0.2) is 0 Å². The number of aromatic carboxylic acids is 1. The van der Waals surface area contributed by atoms with Gasteiger partial charge in [-0.1, -0.05) is 55.5 Å². The van der Waals surface area contributed by atoms with Crippen molar-refractivity contribution < 1.29 is 24.2 Å². The van der Waals surface area contributed by atoms with Gasteiger partial charge in [-0.25, -0.2) is 14.6 Å². The standard InChI is InChI=1S/C26H27N3O5S/c1-3-16(12-22(30)27-13-23-28-15(2)24(35-23)25(31)32)29-26(33)34-14-21-19-10-6-4-8-17(19)18-9-5-7-11-20(18)21/h4-11,16,21H,3,12-14H2,1-2H3,(H,27,30)(H,29,33)(H,31,32)/t16-/m0/s1. The molecule has 0 fully saturated rings. The van der Waals surface area contributed by atoms with Gasteiger partial charge in [0.05, 0.1) is 12.2 Å². The molecular weight excluding hydrogens is 466 g/mol. The van der Waals surface area contributed by atoms with Gasteiger partial charge in [0.2, 0.25) is 5.91 Å². The predicted octanol–water partition coefficient (Wildman–Crippen LogP) is 4.47. The fourth-order valence-corrected chi connectivity index (χ4v) is 5.14. The van der Waals surface area contributed by atoms with E-state index in [1.165, 1.54) is 0 Å². The van der Waals surface area contributed by atoms with Gasteiger partial charge < -0.3 is 20.5 Å². The lowest BCUT2D eigenvalue weighted by Crippen LogP contribution is -2.39. The first-order valence-corrected chi connectivity index (χ1v) is 12.3. The van der Waals surface area contributed by atoms with Gasteiger partial charge in [-0.15, -0.1) is 11.3 Å². The molecule has 0 saturated heterocycles. The summed E-state index contributed by atoms with van der Waals surface area (Å²) in [7, 11) is 0. The Morgan fingerprint density at radius 3 is 2.29 bits per heavy atom. The minimum Gasteiger partial charge on any atom is -0.477 e. The van der Waals surface area contributed by atoms with Crippen LogP contribution >= 0.6 is 11.3 Å². The number of carbonyl (C=O) groups excluding carboxylic acids is 2. The average molecular weight is 494 g/mol. The first-order valence-electron chi connectivity index (χ1n) is 11.4. The van der Waals surface area contributed by atoms with E-state index in [1.54, 1.807) is 6.92 Å². The Morgan fingerprint density at radius 2 is 1.71 bits per heavy atom. The number of aryl methyl sites for hydroxylation is 1. The second-order valence-corrected chi connectivity index (χ2v) is 9.47. The number of hydrogen-bond acceptors (Lipinski definition) is 6. The number of aromatic nitrogens is 1. The molecule has 3 aromatic rings. The molecule has 2 aromatic carbocycles. The van der Waals surface area contributed by atoms with Gasteiger partial charge in [0, 0.05) is 18.4 Å². The summed E-state index contributed by atoms with van der Waals surface area (Å²) < 4.78 is 5.58. The lowest BCUT2D eigenvalue weighted by atomic mass is 9.98. The van der Waals surface area contributed by atoms with Gasteiger partial charge >= 0.3 is 12.1 Å². The summed E-state index contributed by atoms with van der Waals surface area (Å²) >= 11 is 1.04. The highest BCUT2D eigenvalue weighted by atomic mass is 32.1. The van der Waals surface area contributed by atoms with E-state index in [-0.39, 0.29) is 36.3 Å². The number of carboxylic acid groups (broad SMARTS) is 1. The lowest BCUT2D eigenvalue weighted by Gasteiger charge is -2.18. The number of benzene rings is 2. The third kappa shape index (κ3) is 5.51. The average Bonchev–Trinajstić information content (AvgIpc) is 3.38. The van der Waals surface area contributed by atoms with Gasteiger partial charge in [0.1, 0.15) is 16.5 Å². The Kier molecular flexibility index (Phi) is 7.45. The number of thiazole rings is 1. The second kappa shape index (κ2) is 10.7.